The Morgan fingerprint density at radius 2 is 1.88 bits per heavy atom. The van der Waals surface area contributed by atoms with Crippen LogP contribution in [0.4, 0.5) is 5.69 Å². The summed E-state index contributed by atoms with van der Waals surface area (Å²) in [6.07, 6.45) is 1.45. The van der Waals surface area contributed by atoms with Crippen molar-refractivity contribution in [3.8, 4) is 11.5 Å². The first-order chi connectivity index (χ1) is 11.6. The zero-order valence-corrected chi connectivity index (χ0v) is 13.9. The summed E-state index contributed by atoms with van der Waals surface area (Å²) in [6.45, 7) is 0.243. The van der Waals surface area contributed by atoms with Gasteiger partial charge in [-0.25, -0.2) is 5.43 Å². The van der Waals surface area contributed by atoms with Gasteiger partial charge in [-0.3, -0.25) is 4.79 Å². The molecule has 0 saturated carbocycles. The van der Waals surface area contributed by atoms with E-state index in [1.54, 1.807) is 36.4 Å². The third kappa shape index (κ3) is 4.10. The van der Waals surface area contributed by atoms with Gasteiger partial charge in [0, 0.05) is 22.3 Å². The molecule has 1 aliphatic heterocycles. The van der Waals surface area contributed by atoms with E-state index in [9.17, 15) is 4.79 Å². The number of fused-ring (bicyclic) bond motifs is 1. The third-order valence-corrected chi connectivity index (χ3v) is 3.76. The van der Waals surface area contributed by atoms with E-state index in [0.717, 1.165) is 5.69 Å². The van der Waals surface area contributed by atoms with Crippen LogP contribution in [0.15, 0.2) is 41.5 Å². The topological polar surface area (TPSA) is 72.0 Å². The number of hydrogen-bond acceptors (Lipinski definition) is 5. The summed E-state index contributed by atoms with van der Waals surface area (Å²) >= 11 is 11.9. The Morgan fingerprint density at radius 3 is 2.62 bits per heavy atom. The summed E-state index contributed by atoms with van der Waals surface area (Å²) < 4.78 is 10.5. The number of anilines is 1. The fourth-order valence-electron chi connectivity index (χ4n) is 2.00. The van der Waals surface area contributed by atoms with E-state index in [1.807, 2.05) is 0 Å². The molecule has 1 heterocycles. The number of hydrogen-bond donors (Lipinski definition) is 2. The van der Waals surface area contributed by atoms with Crippen molar-refractivity contribution in [1.29, 1.82) is 0 Å². The third-order valence-electron chi connectivity index (χ3n) is 3.18. The van der Waals surface area contributed by atoms with Gasteiger partial charge in [0.05, 0.1) is 17.8 Å². The van der Waals surface area contributed by atoms with Gasteiger partial charge in [-0.1, -0.05) is 23.2 Å². The number of benzene rings is 2. The quantitative estimate of drug-likeness (QED) is 0.629. The lowest BCUT2D eigenvalue weighted by molar-refractivity contribution is -0.119. The molecule has 1 amide bonds. The molecule has 0 unspecified atom stereocenters. The molecule has 2 N–H and O–H groups in total. The molecule has 0 bridgehead atoms. The van der Waals surface area contributed by atoms with Crippen LogP contribution < -0.4 is 20.2 Å². The Kier molecular flexibility index (Phi) is 5.08. The Bertz CT molecular complexity index is 779. The molecule has 2 aromatic carbocycles. The second-order valence-corrected chi connectivity index (χ2v) is 5.72. The van der Waals surface area contributed by atoms with E-state index < -0.39 is 0 Å². The molecule has 1 aliphatic rings. The van der Waals surface area contributed by atoms with Crippen molar-refractivity contribution in [2.45, 2.75) is 0 Å². The molecule has 0 atom stereocenters. The minimum atomic E-state index is -0.293. The Morgan fingerprint density at radius 1 is 1.17 bits per heavy atom. The molecule has 124 valence electrons. The highest BCUT2D eigenvalue weighted by molar-refractivity contribution is 6.33. The highest BCUT2D eigenvalue weighted by Crippen LogP contribution is 2.36. The lowest BCUT2D eigenvalue weighted by atomic mass is 10.2. The molecule has 6 nitrogen and oxygen atoms in total. The van der Waals surface area contributed by atoms with Crippen LogP contribution in [-0.2, 0) is 4.79 Å². The van der Waals surface area contributed by atoms with Crippen molar-refractivity contribution >= 4 is 41.0 Å². The summed E-state index contributed by atoms with van der Waals surface area (Å²) in [7, 11) is 0. The maximum atomic E-state index is 11.8. The maximum absolute atomic E-state index is 11.8. The van der Waals surface area contributed by atoms with Gasteiger partial charge in [-0.05, 0) is 30.3 Å². The average Bonchev–Trinajstić information content (AvgIpc) is 3.01. The summed E-state index contributed by atoms with van der Waals surface area (Å²) in [4.78, 5) is 11.8. The molecule has 0 saturated heterocycles. The molecule has 3 rings (SSSR count). The first kappa shape index (κ1) is 16.4. The first-order valence-electron chi connectivity index (χ1n) is 7.02. The van der Waals surface area contributed by atoms with Crippen LogP contribution in [0.2, 0.25) is 10.0 Å². The van der Waals surface area contributed by atoms with Crippen LogP contribution in [0.1, 0.15) is 5.56 Å². The smallest absolute Gasteiger partial charge is 0.259 e. The van der Waals surface area contributed by atoms with Crippen molar-refractivity contribution in [2.75, 3.05) is 18.7 Å². The standard InChI is InChI=1S/C16H13Cl2N3O3/c17-11-1-3-12(4-2-11)19-8-16(22)21-20-7-10-5-14-15(6-13(10)18)24-9-23-14/h1-7,19H,8-9H2,(H,21,22)/b20-7-. The summed E-state index contributed by atoms with van der Waals surface area (Å²) in [6, 6.07) is 10.4. The van der Waals surface area contributed by atoms with Gasteiger partial charge in [-0.2, -0.15) is 5.10 Å². The summed E-state index contributed by atoms with van der Waals surface area (Å²) in [5.74, 6) is 0.892. The average molecular weight is 366 g/mol. The fourth-order valence-corrected chi connectivity index (χ4v) is 2.32. The van der Waals surface area contributed by atoms with E-state index in [-0.39, 0.29) is 19.2 Å². The number of carbonyl (C=O) groups is 1. The van der Waals surface area contributed by atoms with Crippen LogP contribution in [0.3, 0.4) is 0 Å². The normalized spacial score (nSPS) is 12.4. The minimum Gasteiger partial charge on any atom is -0.454 e. The van der Waals surface area contributed by atoms with E-state index in [0.29, 0.717) is 27.1 Å². The number of nitrogens with one attached hydrogen (secondary N) is 2. The van der Waals surface area contributed by atoms with Gasteiger partial charge >= 0.3 is 0 Å². The van der Waals surface area contributed by atoms with Gasteiger partial charge < -0.3 is 14.8 Å². The van der Waals surface area contributed by atoms with Crippen molar-refractivity contribution in [3.63, 3.8) is 0 Å². The highest BCUT2D eigenvalue weighted by Gasteiger charge is 2.15. The Labute approximate surface area is 148 Å². The van der Waals surface area contributed by atoms with E-state index in [2.05, 4.69) is 15.8 Å². The number of carbonyl (C=O) groups excluding carboxylic acids is 1. The molecular formula is C16H13Cl2N3O3. The SMILES string of the molecule is O=C(CNc1ccc(Cl)cc1)N/N=C\c1cc2c(cc1Cl)OCO2. The molecule has 2 aromatic rings. The van der Waals surface area contributed by atoms with E-state index >= 15 is 0 Å². The Balaban J connectivity index is 1.52. The number of rotatable bonds is 5. The van der Waals surface area contributed by atoms with E-state index in [1.165, 1.54) is 6.21 Å². The molecule has 0 radical (unpaired) electrons. The lowest BCUT2D eigenvalue weighted by Gasteiger charge is -2.05. The maximum Gasteiger partial charge on any atom is 0.259 e. The van der Waals surface area contributed by atoms with Crippen LogP contribution >= 0.6 is 23.2 Å². The molecule has 0 spiro atoms. The second-order valence-electron chi connectivity index (χ2n) is 4.88. The molecule has 0 fully saturated rings. The summed E-state index contributed by atoms with van der Waals surface area (Å²) in [5, 5.41) is 7.94. The zero-order chi connectivity index (χ0) is 16.9. The number of nitrogens with zero attached hydrogens (tertiary/aromatic N) is 1. The van der Waals surface area contributed by atoms with Gasteiger partial charge in [0.2, 0.25) is 6.79 Å². The van der Waals surface area contributed by atoms with Gasteiger partial charge in [0.25, 0.3) is 5.91 Å². The summed E-state index contributed by atoms with van der Waals surface area (Å²) in [5.41, 5.74) is 3.83. The molecule has 0 aromatic heterocycles. The molecule has 0 aliphatic carbocycles. The van der Waals surface area contributed by atoms with Crippen molar-refractivity contribution < 1.29 is 14.3 Å². The molecule has 8 heteroatoms. The second kappa shape index (κ2) is 7.42. The van der Waals surface area contributed by atoms with Gasteiger partial charge in [0.1, 0.15) is 0 Å². The van der Waals surface area contributed by atoms with Crippen LogP contribution in [0.25, 0.3) is 0 Å². The predicted molar refractivity (Wildman–Crippen MR) is 93.3 cm³/mol. The Hall–Kier alpha value is -2.44. The lowest BCUT2D eigenvalue weighted by Crippen LogP contribution is -2.25. The molecule has 24 heavy (non-hydrogen) atoms. The highest BCUT2D eigenvalue weighted by atomic mass is 35.5. The van der Waals surface area contributed by atoms with Gasteiger partial charge in [0.15, 0.2) is 11.5 Å². The monoisotopic (exact) mass is 365 g/mol. The van der Waals surface area contributed by atoms with Crippen LogP contribution in [-0.4, -0.2) is 25.5 Å². The van der Waals surface area contributed by atoms with Crippen LogP contribution in [0, 0.1) is 0 Å². The number of amides is 1. The van der Waals surface area contributed by atoms with Crippen molar-refractivity contribution in [3.05, 3.63) is 52.0 Å². The number of halogens is 2. The first-order valence-corrected chi connectivity index (χ1v) is 7.78. The van der Waals surface area contributed by atoms with Crippen molar-refractivity contribution in [2.24, 2.45) is 5.10 Å². The zero-order valence-electron chi connectivity index (χ0n) is 12.4. The number of ether oxygens (including phenoxy) is 2. The minimum absolute atomic E-state index is 0.0772. The van der Waals surface area contributed by atoms with E-state index in [4.69, 9.17) is 32.7 Å². The molecular weight excluding hydrogens is 353 g/mol. The largest absolute Gasteiger partial charge is 0.454 e. The fraction of sp³-hybridized carbons (Fsp3) is 0.125. The van der Waals surface area contributed by atoms with Crippen molar-refractivity contribution in [1.82, 2.24) is 5.43 Å². The van der Waals surface area contributed by atoms with Gasteiger partial charge in [-0.15, -0.1) is 0 Å². The van der Waals surface area contributed by atoms with Crippen LogP contribution in [0.5, 0.6) is 11.5 Å². The number of hydrazone groups is 1. The predicted octanol–water partition coefficient (Wildman–Crippen LogP) is 3.28.